The molecule has 0 spiro atoms. The number of guanidine groups is 1. The fourth-order valence-electron chi connectivity index (χ4n) is 2.03. The van der Waals surface area contributed by atoms with E-state index in [2.05, 4.69) is 25.2 Å². The molecular formula is C16H24IN5O. The third kappa shape index (κ3) is 7.00. The number of hydrogen-bond donors (Lipinski definition) is 3. The van der Waals surface area contributed by atoms with E-state index in [9.17, 15) is 5.11 Å². The Hall–Kier alpha value is -1.61. The number of rotatable bonds is 7. The van der Waals surface area contributed by atoms with E-state index in [0.29, 0.717) is 12.5 Å². The summed E-state index contributed by atoms with van der Waals surface area (Å²) in [5, 5.41) is 16.6. The second-order valence-electron chi connectivity index (χ2n) is 4.86. The number of hydrogen-bond acceptors (Lipinski definition) is 3. The van der Waals surface area contributed by atoms with Crippen LogP contribution in [0.5, 0.6) is 0 Å². The summed E-state index contributed by atoms with van der Waals surface area (Å²) in [6.45, 7) is 4.74. The summed E-state index contributed by atoms with van der Waals surface area (Å²) >= 11 is 0. The predicted octanol–water partition coefficient (Wildman–Crippen LogP) is 1.79. The molecule has 0 saturated carbocycles. The van der Waals surface area contributed by atoms with Crippen LogP contribution in [-0.2, 0) is 6.54 Å². The number of nitrogens with zero attached hydrogens (tertiary/aromatic N) is 3. The third-order valence-electron chi connectivity index (χ3n) is 3.19. The Morgan fingerprint density at radius 3 is 2.61 bits per heavy atom. The lowest BCUT2D eigenvalue weighted by molar-refractivity contribution is 0.187. The summed E-state index contributed by atoms with van der Waals surface area (Å²) in [4.78, 5) is 8.37. The first-order chi connectivity index (χ1) is 10.8. The van der Waals surface area contributed by atoms with Gasteiger partial charge in [0.2, 0.25) is 0 Å². The number of pyridine rings is 1. The molecule has 0 bridgehead atoms. The smallest absolute Gasteiger partial charge is 0.191 e. The molecule has 2 heterocycles. The molecule has 0 saturated heterocycles. The Morgan fingerprint density at radius 2 is 1.96 bits per heavy atom. The Balaban J connectivity index is 0.00000264. The van der Waals surface area contributed by atoms with Crippen molar-refractivity contribution >= 4 is 29.9 Å². The van der Waals surface area contributed by atoms with Crippen molar-refractivity contribution in [3.05, 3.63) is 54.6 Å². The van der Waals surface area contributed by atoms with Gasteiger partial charge in [0.1, 0.15) is 0 Å². The van der Waals surface area contributed by atoms with Crippen molar-refractivity contribution < 1.29 is 5.11 Å². The Labute approximate surface area is 154 Å². The van der Waals surface area contributed by atoms with Gasteiger partial charge in [0.25, 0.3) is 0 Å². The van der Waals surface area contributed by atoms with E-state index in [1.165, 1.54) is 0 Å². The van der Waals surface area contributed by atoms with E-state index in [1.807, 2.05) is 31.5 Å². The molecule has 0 radical (unpaired) electrons. The number of aliphatic imine (C=N–C) groups is 1. The maximum absolute atomic E-state index is 10.1. The number of aliphatic hydroxyl groups is 1. The van der Waals surface area contributed by atoms with E-state index in [-0.39, 0.29) is 24.0 Å². The van der Waals surface area contributed by atoms with Crippen molar-refractivity contribution in [3.63, 3.8) is 0 Å². The molecule has 7 heteroatoms. The van der Waals surface area contributed by atoms with Gasteiger partial charge >= 0.3 is 0 Å². The van der Waals surface area contributed by atoms with Crippen molar-refractivity contribution in [1.29, 1.82) is 0 Å². The zero-order valence-corrected chi connectivity index (χ0v) is 15.6. The Morgan fingerprint density at radius 1 is 1.26 bits per heavy atom. The van der Waals surface area contributed by atoms with Gasteiger partial charge < -0.3 is 20.3 Å². The van der Waals surface area contributed by atoms with E-state index in [4.69, 9.17) is 0 Å². The molecule has 0 aliphatic rings. The molecule has 126 valence electrons. The molecule has 6 nitrogen and oxygen atoms in total. The predicted molar refractivity (Wildman–Crippen MR) is 103 cm³/mol. The summed E-state index contributed by atoms with van der Waals surface area (Å²) < 4.78 is 2.10. The number of nitrogens with one attached hydrogen (secondary N) is 2. The third-order valence-corrected chi connectivity index (χ3v) is 3.19. The monoisotopic (exact) mass is 429 g/mol. The lowest BCUT2D eigenvalue weighted by Crippen LogP contribution is -2.39. The normalized spacial score (nSPS) is 12.3. The molecule has 1 unspecified atom stereocenters. The topological polar surface area (TPSA) is 74.5 Å². The second kappa shape index (κ2) is 11.0. The average Bonchev–Trinajstić information content (AvgIpc) is 3.06. The first-order valence-corrected chi connectivity index (χ1v) is 7.50. The van der Waals surface area contributed by atoms with Crippen LogP contribution in [0.1, 0.15) is 18.6 Å². The largest absolute Gasteiger partial charge is 0.386 e. The highest BCUT2D eigenvalue weighted by Gasteiger charge is 2.06. The van der Waals surface area contributed by atoms with Gasteiger partial charge in [-0.1, -0.05) is 0 Å². The molecule has 2 aromatic rings. The fourth-order valence-corrected chi connectivity index (χ4v) is 2.03. The molecule has 0 aliphatic carbocycles. The summed E-state index contributed by atoms with van der Waals surface area (Å²) in [5.41, 5.74) is 0.821. The molecule has 23 heavy (non-hydrogen) atoms. The molecule has 3 N–H and O–H groups in total. The van der Waals surface area contributed by atoms with Crippen LogP contribution in [0.3, 0.4) is 0 Å². The Kier molecular flexibility index (Phi) is 9.30. The lowest BCUT2D eigenvalue weighted by Gasteiger charge is -2.13. The van der Waals surface area contributed by atoms with Gasteiger partial charge in [-0.25, -0.2) is 0 Å². The second-order valence-corrected chi connectivity index (χ2v) is 4.86. The number of aliphatic hydroxyl groups excluding tert-OH is 1. The van der Waals surface area contributed by atoms with Gasteiger partial charge in [0.05, 0.1) is 12.6 Å². The van der Waals surface area contributed by atoms with Crippen LogP contribution in [0.25, 0.3) is 0 Å². The van der Waals surface area contributed by atoms with Gasteiger partial charge in [-0.3, -0.25) is 9.98 Å². The van der Waals surface area contributed by atoms with Gasteiger partial charge in [0, 0.05) is 44.4 Å². The molecule has 0 fully saturated rings. The average molecular weight is 429 g/mol. The van der Waals surface area contributed by atoms with Gasteiger partial charge in [-0.2, -0.15) is 0 Å². The minimum atomic E-state index is -0.622. The van der Waals surface area contributed by atoms with Gasteiger partial charge in [0.15, 0.2) is 5.96 Å². The first-order valence-electron chi connectivity index (χ1n) is 7.50. The maximum Gasteiger partial charge on any atom is 0.191 e. The fraction of sp³-hybridized carbons (Fsp3) is 0.375. The molecular weight excluding hydrogens is 405 g/mol. The number of aromatic nitrogens is 2. The minimum Gasteiger partial charge on any atom is -0.386 e. The maximum atomic E-state index is 10.1. The van der Waals surface area contributed by atoms with Crippen LogP contribution in [0.2, 0.25) is 0 Å². The van der Waals surface area contributed by atoms with Gasteiger partial charge in [-0.15, -0.1) is 24.0 Å². The molecule has 0 aliphatic heterocycles. The van der Waals surface area contributed by atoms with Crippen LogP contribution in [0, 0.1) is 0 Å². The summed E-state index contributed by atoms with van der Waals surface area (Å²) in [7, 11) is 0. The summed E-state index contributed by atoms with van der Waals surface area (Å²) in [6, 6.07) is 7.61. The van der Waals surface area contributed by atoms with Crippen molar-refractivity contribution in [2.75, 3.05) is 19.6 Å². The Bertz CT molecular complexity index is 559. The van der Waals surface area contributed by atoms with E-state index < -0.39 is 6.10 Å². The van der Waals surface area contributed by atoms with Crippen molar-refractivity contribution in [2.24, 2.45) is 4.99 Å². The zero-order chi connectivity index (χ0) is 15.6. The lowest BCUT2D eigenvalue weighted by atomic mass is 10.1. The first kappa shape index (κ1) is 19.4. The van der Waals surface area contributed by atoms with Crippen LogP contribution >= 0.6 is 24.0 Å². The van der Waals surface area contributed by atoms with Crippen LogP contribution in [0.15, 0.2) is 54.0 Å². The van der Waals surface area contributed by atoms with Gasteiger partial charge in [-0.05, 0) is 36.8 Å². The van der Waals surface area contributed by atoms with Crippen molar-refractivity contribution in [2.45, 2.75) is 19.6 Å². The van der Waals surface area contributed by atoms with E-state index in [0.717, 1.165) is 25.2 Å². The standard InChI is InChI=1S/C16H23N5O.HI/c1-2-18-16(19-9-12-21-10-3-4-11-21)20-13-15(22)14-5-7-17-8-6-14;/h3-8,10-11,15,22H,2,9,12-13H2,1H3,(H2,18,19,20);1H. The summed E-state index contributed by atoms with van der Waals surface area (Å²) in [5.74, 6) is 0.711. The van der Waals surface area contributed by atoms with E-state index >= 15 is 0 Å². The molecule has 2 rings (SSSR count). The summed E-state index contributed by atoms with van der Waals surface area (Å²) in [6.07, 6.45) is 6.77. The highest BCUT2D eigenvalue weighted by Crippen LogP contribution is 2.10. The van der Waals surface area contributed by atoms with E-state index in [1.54, 1.807) is 24.5 Å². The highest BCUT2D eigenvalue weighted by molar-refractivity contribution is 14.0. The highest BCUT2D eigenvalue weighted by atomic mass is 127. The van der Waals surface area contributed by atoms with Crippen molar-refractivity contribution in [3.8, 4) is 0 Å². The molecule has 0 amide bonds. The van der Waals surface area contributed by atoms with Crippen LogP contribution in [-0.4, -0.2) is 40.3 Å². The molecule has 0 aromatic carbocycles. The molecule has 1 atom stereocenters. The van der Waals surface area contributed by atoms with Crippen LogP contribution < -0.4 is 10.6 Å². The zero-order valence-electron chi connectivity index (χ0n) is 13.2. The van der Waals surface area contributed by atoms with Crippen molar-refractivity contribution in [1.82, 2.24) is 20.2 Å². The molecule has 2 aromatic heterocycles. The minimum absolute atomic E-state index is 0. The SMILES string of the molecule is CCNC(=NCC(O)c1ccncc1)NCCn1cccc1.I. The van der Waals surface area contributed by atoms with Crippen LogP contribution in [0.4, 0.5) is 0 Å². The number of halogens is 1. The quantitative estimate of drug-likeness (QED) is 0.357.